The molecule has 1 aliphatic heterocycles. The first kappa shape index (κ1) is 28.1. The van der Waals surface area contributed by atoms with Gasteiger partial charge in [-0.15, -0.1) is 5.10 Å². The fourth-order valence-electron chi connectivity index (χ4n) is 4.66. The zero-order valence-electron chi connectivity index (χ0n) is 20.4. The zero-order chi connectivity index (χ0) is 28.7. The number of hydrogen-bond donors (Lipinski definition) is 2. The highest BCUT2D eigenvalue weighted by Gasteiger charge is 2.47. The molecular weight excluding hydrogens is 567 g/mol. The Morgan fingerprint density at radius 2 is 1.73 bits per heavy atom. The van der Waals surface area contributed by atoms with Crippen LogP contribution >= 0.6 is 11.6 Å². The van der Waals surface area contributed by atoms with Crippen LogP contribution in [0.2, 0.25) is 5.02 Å². The first-order chi connectivity index (χ1) is 19.1. The standard InChI is InChI=1S/C25H20ClF5N4O5/c1-38-25-17(7-10-6-16(40-33-10)12-3-5-14(27)22(31)20(12)29)39-18(9-36)24(37)23(25)35-8-15(32-34-35)11-2-4-13(26)21(30)19(11)28/h2-6,8,17-18,23-25,36-37H,7,9H2,1H3/t17-,18-,23+,24+,25+/m1/s1. The van der Waals surface area contributed by atoms with Gasteiger partial charge in [0.15, 0.2) is 34.8 Å². The smallest absolute Gasteiger partial charge is 0.195 e. The predicted molar refractivity (Wildman–Crippen MR) is 127 cm³/mol. The van der Waals surface area contributed by atoms with E-state index in [1.807, 2.05) is 0 Å². The van der Waals surface area contributed by atoms with Crippen LogP contribution in [0.25, 0.3) is 22.6 Å². The fourth-order valence-corrected chi connectivity index (χ4v) is 4.80. The van der Waals surface area contributed by atoms with Crippen LogP contribution in [0.5, 0.6) is 0 Å². The summed E-state index contributed by atoms with van der Waals surface area (Å²) in [6.45, 7) is -0.604. The van der Waals surface area contributed by atoms with Crippen molar-refractivity contribution in [1.82, 2.24) is 20.2 Å². The molecule has 9 nitrogen and oxygen atoms in total. The average molecular weight is 587 g/mol. The molecule has 3 heterocycles. The molecule has 5 rings (SSSR count). The average Bonchev–Trinajstić information content (AvgIpc) is 3.61. The molecule has 2 aromatic carbocycles. The molecule has 0 aliphatic carbocycles. The van der Waals surface area contributed by atoms with Gasteiger partial charge in [0.1, 0.15) is 30.0 Å². The van der Waals surface area contributed by atoms with Gasteiger partial charge in [-0.2, -0.15) is 0 Å². The Morgan fingerprint density at radius 3 is 2.45 bits per heavy atom. The second kappa shape index (κ2) is 11.2. The second-order valence-corrected chi connectivity index (χ2v) is 9.40. The summed E-state index contributed by atoms with van der Waals surface area (Å²) in [6.07, 6.45) is -3.15. The van der Waals surface area contributed by atoms with Crippen LogP contribution in [0.4, 0.5) is 22.0 Å². The van der Waals surface area contributed by atoms with Crippen LogP contribution in [0.1, 0.15) is 11.7 Å². The number of aliphatic hydroxyl groups excluding tert-OH is 2. The lowest BCUT2D eigenvalue weighted by Gasteiger charge is -2.43. The Balaban J connectivity index is 1.44. The molecule has 2 aromatic heterocycles. The largest absolute Gasteiger partial charge is 0.394 e. The summed E-state index contributed by atoms with van der Waals surface area (Å²) < 4.78 is 87.5. The molecule has 0 amide bonds. The first-order valence-corrected chi connectivity index (χ1v) is 12.1. The molecule has 0 spiro atoms. The Kier molecular flexibility index (Phi) is 7.88. The van der Waals surface area contributed by atoms with E-state index in [1.165, 1.54) is 30.1 Å². The summed E-state index contributed by atoms with van der Waals surface area (Å²) in [4.78, 5) is 0. The third-order valence-corrected chi connectivity index (χ3v) is 6.92. The zero-order valence-corrected chi connectivity index (χ0v) is 21.2. The molecule has 1 saturated heterocycles. The summed E-state index contributed by atoms with van der Waals surface area (Å²) in [5, 5.41) is 32.1. The highest BCUT2D eigenvalue weighted by atomic mass is 35.5. The normalized spacial score (nSPS) is 23.1. The molecule has 2 N–H and O–H groups in total. The molecule has 0 radical (unpaired) electrons. The lowest BCUT2D eigenvalue weighted by molar-refractivity contribution is -0.212. The molecule has 0 bridgehead atoms. The number of ether oxygens (including phenoxy) is 2. The van der Waals surface area contributed by atoms with Gasteiger partial charge in [-0.3, -0.25) is 0 Å². The minimum absolute atomic E-state index is 0.0500. The number of methoxy groups -OCH3 is 1. The van der Waals surface area contributed by atoms with Gasteiger partial charge < -0.3 is 24.2 Å². The van der Waals surface area contributed by atoms with Crippen molar-refractivity contribution >= 4 is 11.6 Å². The Hall–Kier alpha value is -3.43. The van der Waals surface area contributed by atoms with E-state index in [0.29, 0.717) is 0 Å². The second-order valence-electron chi connectivity index (χ2n) is 8.99. The van der Waals surface area contributed by atoms with Crippen LogP contribution in [0.3, 0.4) is 0 Å². The lowest BCUT2D eigenvalue weighted by atomic mass is 9.90. The molecule has 0 unspecified atom stereocenters. The topological polar surface area (TPSA) is 116 Å². The van der Waals surface area contributed by atoms with Crippen molar-refractivity contribution in [3.05, 3.63) is 76.3 Å². The number of nitrogens with zero attached hydrogens (tertiary/aromatic N) is 4. The van der Waals surface area contributed by atoms with Crippen molar-refractivity contribution in [2.75, 3.05) is 13.7 Å². The van der Waals surface area contributed by atoms with Gasteiger partial charge in [0.05, 0.1) is 35.2 Å². The summed E-state index contributed by atoms with van der Waals surface area (Å²) in [6, 6.07) is 4.39. The minimum atomic E-state index is -1.67. The third-order valence-electron chi connectivity index (χ3n) is 6.63. The van der Waals surface area contributed by atoms with Gasteiger partial charge in [0.25, 0.3) is 0 Å². The molecule has 0 saturated carbocycles. The van der Waals surface area contributed by atoms with E-state index in [0.717, 1.165) is 18.2 Å². The Labute approximate surface area is 227 Å². The summed E-state index contributed by atoms with van der Waals surface area (Å²) in [7, 11) is 1.33. The van der Waals surface area contributed by atoms with E-state index >= 15 is 0 Å². The molecule has 1 aliphatic rings. The predicted octanol–water partition coefficient (Wildman–Crippen LogP) is 3.87. The van der Waals surface area contributed by atoms with Crippen LogP contribution < -0.4 is 0 Å². The van der Waals surface area contributed by atoms with Crippen molar-refractivity contribution in [2.24, 2.45) is 0 Å². The maximum absolute atomic E-state index is 14.5. The van der Waals surface area contributed by atoms with Crippen LogP contribution in [0, 0.1) is 29.1 Å². The van der Waals surface area contributed by atoms with Gasteiger partial charge in [0, 0.05) is 25.2 Å². The summed E-state index contributed by atoms with van der Waals surface area (Å²) in [5.41, 5.74) is -0.434. The van der Waals surface area contributed by atoms with Crippen molar-refractivity contribution < 1.29 is 46.2 Å². The van der Waals surface area contributed by atoms with Gasteiger partial charge in [0.2, 0.25) is 0 Å². The molecular formula is C25H20ClF5N4O5. The highest BCUT2D eigenvalue weighted by Crippen LogP contribution is 2.35. The molecule has 15 heteroatoms. The lowest BCUT2D eigenvalue weighted by Crippen LogP contribution is -2.57. The van der Waals surface area contributed by atoms with Gasteiger partial charge >= 0.3 is 0 Å². The summed E-state index contributed by atoms with van der Waals surface area (Å²) in [5.74, 6) is -7.15. The molecule has 1 fully saturated rings. The van der Waals surface area contributed by atoms with Gasteiger partial charge in [-0.25, -0.2) is 26.6 Å². The maximum Gasteiger partial charge on any atom is 0.195 e. The number of rotatable bonds is 7. The first-order valence-electron chi connectivity index (χ1n) is 11.8. The van der Waals surface area contributed by atoms with Crippen LogP contribution in [-0.2, 0) is 15.9 Å². The molecule has 4 aromatic rings. The van der Waals surface area contributed by atoms with Crippen molar-refractivity contribution in [3.8, 4) is 22.6 Å². The van der Waals surface area contributed by atoms with Crippen LogP contribution in [0.15, 0.2) is 41.1 Å². The maximum atomic E-state index is 14.5. The number of aliphatic hydroxyl groups is 2. The number of halogens is 6. The van der Waals surface area contributed by atoms with Crippen molar-refractivity contribution in [2.45, 2.75) is 36.9 Å². The Bertz CT molecular complexity index is 1540. The number of aromatic nitrogens is 4. The quantitative estimate of drug-likeness (QED) is 0.248. The van der Waals surface area contributed by atoms with Crippen molar-refractivity contribution in [1.29, 1.82) is 0 Å². The summed E-state index contributed by atoms with van der Waals surface area (Å²) >= 11 is 5.62. The van der Waals surface area contributed by atoms with Gasteiger partial charge in [-0.05, 0) is 24.3 Å². The van der Waals surface area contributed by atoms with E-state index in [2.05, 4.69) is 15.5 Å². The van der Waals surface area contributed by atoms with E-state index in [1.54, 1.807) is 0 Å². The SMILES string of the molecule is CO[C@@H]1[C@@H](n2cc(-c3ccc(Cl)c(F)c3F)nn2)[C@@H](O)[C@@H](CO)O[C@@H]1Cc1cc(-c2ccc(F)c(F)c2F)on1. The number of hydrogen-bond acceptors (Lipinski definition) is 8. The van der Waals surface area contributed by atoms with E-state index in [9.17, 15) is 32.2 Å². The molecule has 5 atom stereocenters. The number of benzene rings is 2. The van der Waals surface area contributed by atoms with Gasteiger partial charge in [-0.1, -0.05) is 22.0 Å². The monoisotopic (exact) mass is 586 g/mol. The van der Waals surface area contributed by atoms with E-state index in [-0.39, 0.29) is 34.7 Å². The highest BCUT2D eigenvalue weighted by molar-refractivity contribution is 6.30. The Morgan fingerprint density at radius 1 is 1.00 bits per heavy atom. The third kappa shape index (κ3) is 4.97. The minimum Gasteiger partial charge on any atom is -0.394 e. The van der Waals surface area contributed by atoms with Crippen molar-refractivity contribution in [3.63, 3.8) is 0 Å². The fraction of sp³-hybridized carbons (Fsp3) is 0.320. The molecule has 40 heavy (non-hydrogen) atoms. The van der Waals surface area contributed by atoms with E-state index in [4.69, 9.17) is 25.6 Å². The molecule has 212 valence electrons. The van der Waals surface area contributed by atoms with Crippen LogP contribution in [-0.4, -0.2) is 68.5 Å². The van der Waals surface area contributed by atoms with E-state index < -0.39 is 71.2 Å².